The number of nitrogens with one attached hydrogen (secondary N) is 1. The maximum Gasteiger partial charge on any atom is 0.262 e. The molecule has 3 heterocycles. The monoisotopic (exact) mass is 343 g/mol. The van der Waals surface area contributed by atoms with Gasteiger partial charge in [-0.3, -0.25) is 4.79 Å². The molecule has 3 aromatic heterocycles. The van der Waals surface area contributed by atoms with Crippen molar-refractivity contribution in [3.8, 4) is 0 Å². The summed E-state index contributed by atoms with van der Waals surface area (Å²) >= 11 is 3.13. The van der Waals surface area contributed by atoms with Crippen molar-refractivity contribution in [2.45, 2.75) is 39.2 Å². The first-order chi connectivity index (χ1) is 11.1. The van der Waals surface area contributed by atoms with Crippen LogP contribution in [0, 0.1) is 13.8 Å². The molecule has 1 N–H and O–H groups in total. The van der Waals surface area contributed by atoms with Gasteiger partial charge in [-0.1, -0.05) is 6.07 Å². The number of carbonyl (C=O) groups excluding carboxylic acids is 1. The zero-order valence-electron chi connectivity index (χ0n) is 13.0. The third-order valence-corrected chi connectivity index (χ3v) is 6.20. The van der Waals surface area contributed by atoms with Crippen LogP contribution in [-0.2, 0) is 6.54 Å². The zero-order valence-corrected chi connectivity index (χ0v) is 14.7. The van der Waals surface area contributed by atoms with Gasteiger partial charge in [0.25, 0.3) is 5.91 Å². The molecule has 1 fully saturated rings. The largest absolute Gasteiger partial charge is 0.346 e. The lowest BCUT2D eigenvalue weighted by Crippen LogP contribution is -2.21. The van der Waals surface area contributed by atoms with Gasteiger partial charge in [0, 0.05) is 16.2 Å². The second-order valence-electron chi connectivity index (χ2n) is 5.94. The third kappa shape index (κ3) is 2.77. The Hall–Kier alpha value is -1.79. The van der Waals surface area contributed by atoms with Crippen LogP contribution in [0.3, 0.4) is 0 Å². The Labute approximate surface area is 142 Å². The number of rotatable bonds is 4. The highest BCUT2D eigenvalue weighted by Crippen LogP contribution is 2.40. The molecule has 4 nitrogen and oxygen atoms in total. The quantitative estimate of drug-likeness (QED) is 0.773. The first-order valence-electron chi connectivity index (χ1n) is 7.71. The molecule has 1 amide bonds. The third-order valence-electron chi connectivity index (χ3n) is 4.14. The lowest BCUT2D eigenvalue weighted by molar-refractivity contribution is 0.0955. The first kappa shape index (κ1) is 14.8. The van der Waals surface area contributed by atoms with Crippen molar-refractivity contribution in [1.82, 2.24) is 15.3 Å². The summed E-state index contributed by atoms with van der Waals surface area (Å²) in [6.07, 6.45) is 2.37. The van der Waals surface area contributed by atoms with E-state index in [4.69, 9.17) is 4.98 Å². The zero-order chi connectivity index (χ0) is 16.0. The fourth-order valence-corrected chi connectivity index (χ4v) is 4.56. The van der Waals surface area contributed by atoms with Gasteiger partial charge in [-0.05, 0) is 43.7 Å². The van der Waals surface area contributed by atoms with Crippen molar-refractivity contribution >= 4 is 38.8 Å². The summed E-state index contributed by atoms with van der Waals surface area (Å²) in [6, 6.07) is 4.02. The molecule has 0 radical (unpaired) electrons. The average molecular weight is 343 g/mol. The van der Waals surface area contributed by atoms with E-state index >= 15 is 0 Å². The van der Waals surface area contributed by atoms with Gasteiger partial charge in [0.05, 0.1) is 17.1 Å². The van der Waals surface area contributed by atoms with Crippen molar-refractivity contribution in [1.29, 1.82) is 0 Å². The molecule has 4 rings (SSSR count). The second kappa shape index (κ2) is 5.69. The molecule has 0 saturated heterocycles. The number of hydrogen-bond donors (Lipinski definition) is 1. The number of fused-ring (bicyclic) bond motifs is 1. The van der Waals surface area contributed by atoms with E-state index < -0.39 is 0 Å². The number of hydrogen-bond acceptors (Lipinski definition) is 5. The average Bonchev–Trinajstić information content (AvgIpc) is 3.15. The van der Waals surface area contributed by atoms with Crippen LogP contribution in [0.1, 0.15) is 50.4 Å². The van der Waals surface area contributed by atoms with Crippen LogP contribution in [0.2, 0.25) is 0 Å². The van der Waals surface area contributed by atoms with Crippen molar-refractivity contribution in [2.24, 2.45) is 0 Å². The Morgan fingerprint density at radius 1 is 1.35 bits per heavy atom. The minimum Gasteiger partial charge on any atom is -0.346 e. The summed E-state index contributed by atoms with van der Waals surface area (Å²) in [5.41, 5.74) is 1.98. The maximum absolute atomic E-state index is 12.5. The van der Waals surface area contributed by atoms with Crippen LogP contribution >= 0.6 is 22.7 Å². The van der Waals surface area contributed by atoms with Crippen LogP contribution in [0.15, 0.2) is 17.5 Å². The number of carbonyl (C=O) groups is 1. The van der Waals surface area contributed by atoms with Gasteiger partial charge in [0.2, 0.25) is 0 Å². The van der Waals surface area contributed by atoms with E-state index in [2.05, 4.69) is 10.3 Å². The lowest BCUT2D eigenvalue weighted by Gasteiger charge is -2.03. The van der Waals surface area contributed by atoms with Gasteiger partial charge in [0.1, 0.15) is 10.7 Å². The van der Waals surface area contributed by atoms with E-state index in [1.807, 2.05) is 31.4 Å². The smallest absolute Gasteiger partial charge is 0.262 e. The molecule has 0 unspecified atom stereocenters. The van der Waals surface area contributed by atoms with Crippen molar-refractivity contribution < 1.29 is 4.79 Å². The van der Waals surface area contributed by atoms with Crippen molar-refractivity contribution in [2.75, 3.05) is 0 Å². The Morgan fingerprint density at radius 3 is 2.87 bits per heavy atom. The number of amides is 1. The molecular formula is C17H17N3OS2. The molecule has 0 atom stereocenters. The second-order valence-corrected chi connectivity index (χ2v) is 7.97. The normalized spacial score (nSPS) is 14.3. The van der Waals surface area contributed by atoms with Gasteiger partial charge in [0.15, 0.2) is 0 Å². The Bertz CT molecular complexity index is 879. The van der Waals surface area contributed by atoms with E-state index in [1.54, 1.807) is 11.3 Å². The molecule has 3 aromatic rings. The summed E-state index contributed by atoms with van der Waals surface area (Å²) in [7, 11) is 0. The van der Waals surface area contributed by atoms with Gasteiger partial charge in [-0.15, -0.1) is 22.7 Å². The van der Waals surface area contributed by atoms with Gasteiger partial charge < -0.3 is 5.32 Å². The number of nitrogens with zero attached hydrogens (tertiary/aromatic N) is 2. The predicted octanol–water partition coefficient (Wildman–Crippen LogP) is 4.18. The van der Waals surface area contributed by atoms with Crippen LogP contribution < -0.4 is 5.32 Å². The molecule has 0 spiro atoms. The lowest BCUT2D eigenvalue weighted by atomic mass is 10.1. The van der Waals surface area contributed by atoms with Gasteiger partial charge in [-0.2, -0.15) is 0 Å². The Morgan fingerprint density at radius 2 is 2.17 bits per heavy atom. The highest BCUT2D eigenvalue weighted by Gasteiger charge is 2.28. The molecule has 23 heavy (non-hydrogen) atoms. The van der Waals surface area contributed by atoms with E-state index in [1.165, 1.54) is 24.2 Å². The molecule has 1 saturated carbocycles. The number of aryl methyl sites for hydroxylation is 2. The van der Waals surface area contributed by atoms with E-state index in [0.717, 1.165) is 37.1 Å². The van der Waals surface area contributed by atoms with Gasteiger partial charge >= 0.3 is 0 Å². The van der Waals surface area contributed by atoms with Crippen molar-refractivity contribution in [3.63, 3.8) is 0 Å². The minimum absolute atomic E-state index is 0.0220. The molecule has 1 aliphatic rings. The van der Waals surface area contributed by atoms with E-state index in [9.17, 15) is 4.79 Å². The number of aromatic nitrogens is 2. The summed E-state index contributed by atoms with van der Waals surface area (Å²) in [6.45, 7) is 4.58. The molecule has 0 aliphatic heterocycles. The Kier molecular flexibility index (Phi) is 3.66. The topological polar surface area (TPSA) is 54.9 Å². The SMILES string of the molecule is Cc1nc(C2CC2)nc2sc(C(=O)NCc3cccs3)c(C)c12. The van der Waals surface area contributed by atoms with Crippen LogP contribution in [0.4, 0.5) is 0 Å². The Balaban J connectivity index is 1.65. The highest BCUT2D eigenvalue weighted by atomic mass is 32.1. The maximum atomic E-state index is 12.5. The highest BCUT2D eigenvalue weighted by molar-refractivity contribution is 7.20. The van der Waals surface area contributed by atoms with Crippen molar-refractivity contribution in [3.05, 3.63) is 44.3 Å². The van der Waals surface area contributed by atoms with E-state index in [-0.39, 0.29) is 5.91 Å². The summed E-state index contributed by atoms with van der Waals surface area (Å²) in [4.78, 5) is 24.7. The van der Waals surface area contributed by atoms with Crippen LogP contribution in [0.25, 0.3) is 10.2 Å². The molecule has 6 heteroatoms. The van der Waals surface area contributed by atoms with E-state index in [0.29, 0.717) is 12.5 Å². The number of thiophene rings is 2. The fourth-order valence-electron chi connectivity index (χ4n) is 2.76. The standard InChI is InChI=1S/C17H17N3OS2/c1-9-13-10(2)19-15(11-5-6-11)20-17(13)23-14(9)16(21)18-8-12-4-3-7-22-12/h3-4,7,11H,5-6,8H2,1-2H3,(H,18,21). The molecule has 0 bridgehead atoms. The van der Waals surface area contributed by atoms with Crippen LogP contribution in [-0.4, -0.2) is 15.9 Å². The molecule has 118 valence electrons. The summed E-state index contributed by atoms with van der Waals surface area (Å²) in [5, 5.41) is 6.07. The first-order valence-corrected chi connectivity index (χ1v) is 9.41. The van der Waals surface area contributed by atoms with Gasteiger partial charge in [-0.25, -0.2) is 9.97 Å². The fraction of sp³-hybridized carbons (Fsp3) is 0.353. The summed E-state index contributed by atoms with van der Waals surface area (Å²) < 4.78 is 0. The molecular weight excluding hydrogens is 326 g/mol. The minimum atomic E-state index is -0.0220. The summed E-state index contributed by atoms with van der Waals surface area (Å²) in [5.74, 6) is 1.45. The predicted molar refractivity (Wildman–Crippen MR) is 94.4 cm³/mol. The molecule has 0 aromatic carbocycles. The molecule has 1 aliphatic carbocycles. The van der Waals surface area contributed by atoms with Crippen LogP contribution in [0.5, 0.6) is 0 Å².